The van der Waals surface area contributed by atoms with Gasteiger partial charge in [-0.25, -0.2) is 0 Å². The van der Waals surface area contributed by atoms with Crippen LogP contribution in [0.5, 0.6) is 11.5 Å². The molecule has 1 aromatic rings. The Balaban J connectivity index is 1.79. The first-order valence-corrected chi connectivity index (χ1v) is 9.02. The summed E-state index contributed by atoms with van der Waals surface area (Å²) in [5.74, 6) is 1.60. The van der Waals surface area contributed by atoms with Gasteiger partial charge in [0.2, 0.25) is 0 Å². The molecule has 2 aliphatic rings. The molecule has 1 aromatic carbocycles. The molecule has 0 N–H and O–H groups in total. The van der Waals surface area contributed by atoms with E-state index in [9.17, 15) is 4.79 Å². The van der Waals surface area contributed by atoms with Crippen molar-refractivity contribution in [3.63, 3.8) is 0 Å². The zero-order valence-corrected chi connectivity index (χ0v) is 15.6. The molecule has 1 fully saturated rings. The molecule has 0 aliphatic carbocycles. The number of amides is 1. The predicted molar refractivity (Wildman–Crippen MR) is 95.2 cm³/mol. The van der Waals surface area contributed by atoms with Crippen LogP contribution in [0, 0.1) is 0 Å². The first-order chi connectivity index (χ1) is 12.1. The molecule has 1 amide bonds. The zero-order chi connectivity index (χ0) is 18.0. The van der Waals surface area contributed by atoms with E-state index < -0.39 is 0 Å². The largest absolute Gasteiger partial charge is 0.493 e. The number of hydrogen-bond donors (Lipinski definition) is 0. The molecular weight excluding hydrogens is 320 g/mol. The predicted octanol–water partition coefficient (Wildman–Crippen LogP) is 1.87. The third kappa shape index (κ3) is 3.33. The maximum Gasteiger partial charge on any atom is 0.253 e. The molecule has 2 atom stereocenters. The third-order valence-electron chi connectivity index (χ3n) is 5.32. The van der Waals surface area contributed by atoms with Crippen molar-refractivity contribution in [1.29, 1.82) is 0 Å². The minimum absolute atomic E-state index is 0.0987. The highest BCUT2D eigenvalue weighted by molar-refractivity contribution is 5.81. The van der Waals surface area contributed by atoms with Crippen molar-refractivity contribution >= 4 is 5.91 Å². The Morgan fingerprint density at radius 3 is 2.56 bits per heavy atom. The van der Waals surface area contributed by atoms with Gasteiger partial charge in [0.15, 0.2) is 11.5 Å². The monoisotopic (exact) mass is 348 g/mol. The number of rotatable bonds is 5. The summed E-state index contributed by atoms with van der Waals surface area (Å²) in [5.41, 5.74) is 2.49. The van der Waals surface area contributed by atoms with E-state index in [1.165, 1.54) is 11.1 Å². The Kier molecular flexibility index (Phi) is 5.49. The van der Waals surface area contributed by atoms with Crippen molar-refractivity contribution < 1.29 is 19.0 Å². The van der Waals surface area contributed by atoms with Crippen molar-refractivity contribution in [2.24, 2.45) is 0 Å². The fraction of sp³-hybridized carbons (Fsp3) is 0.632. The molecule has 0 aromatic heterocycles. The van der Waals surface area contributed by atoms with Crippen molar-refractivity contribution in [1.82, 2.24) is 9.80 Å². The highest BCUT2D eigenvalue weighted by atomic mass is 16.5. The molecule has 0 radical (unpaired) electrons. The number of methoxy groups -OCH3 is 2. The lowest BCUT2D eigenvalue weighted by atomic mass is 9.91. The summed E-state index contributed by atoms with van der Waals surface area (Å²) >= 11 is 0. The Morgan fingerprint density at radius 2 is 1.92 bits per heavy atom. The van der Waals surface area contributed by atoms with E-state index in [1.54, 1.807) is 14.2 Å². The van der Waals surface area contributed by atoms with Gasteiger partial charge in [0, 0.05) is 26.2 Å². The SMILES string of the molecule is CCN(CC)C(=O)[C@@H]1CN2CCc3cc(OC)c(OC)cc3[C@@H]2CO1. The third-order valence-corrected chi connectivity index (χ3v) is 5.32. The number of ether oxygens (including phenoxy) is 3. The van der Waals surface area contributed by atoms with Crippen molar-refractivity contribution in [3.05, 3.63) is 23.3 Å². The maximum absolute atomic E-state index is 12.6. The van der Waals surface area contributed by atoms with E-state index in [0.29, 0.717) is 13.2 Å². The lowest BCUT2D eigenvalue weighted by Crippen LogP contribution is -2.53. The molecule has 0 spiro atoms. The second-order valence-corrected chi connectivity index (χ2v) is 6.50. The number of carbonyl (C=O) groups excluding carboxylic acids is 1. The van der Waals surface area contributed by atoms with Crippen LogP contribution in [0.3, 0.4) is 0 Å². The van der Waals surface area contributed by atoms with Crippen LogP contribution in [0.4, 0.5) is 0 Å². The van der Waals surface area contributed by atoms with Gasteiger partial charge in [0.25, 0.3) is 5.91 Å². The van der Waals surface area contributed by atoms with Gasteiger partial charge in [-0.1, -0.05) is 0 Å². The minimum Gasteiger partial charge on any atom is -0.493 e. The average Bonchev–Trinajstić information content (AvgIpc) is 2.66. The first-order valence-electron chi connectivity index (χ1n) is 9.02. The van der Waals surface area contributed by atoms with Crippen LogP contribution in [0.2, 0.25) is 0 Å². The van der Waals surface area contributed by atoms with Crippen LogP contribution >= 0.6 is 0 Å². The standard InChI is InChI=1S/C19H28N2O4/c1-5-20(6-2)19(22)18-11-21-8-7-13-9-16(23-3)17(24-4)10-14(13)15(21)12-25-18/h9-10,15,18H,5-8,11-12H2,1-4H3/t15-,18-/m0/s1. The van der Waals surface area contributed by atoms with E-state index in [-0.39, 0.29) is 18.1 Å². The van der Waals surface area contributed by atoms with Gasteiger partial charge in [-0.2, -0.15) is 0 Å². The summed E-state index contributed by atoms with van der Waals surface area (Å²) in [6.07, 6.45) is 0.580. The minimum atomic E-state index is -0.363. The highest BCUT2D eigenvalue weighted by Gasteiger charge is 2.38. The molecule has 1 saturated heterocycles. The number of carbonyl (C=O) groups is 1. The van der Waals surface area contributed by atoms with E-state index in [2.05, 4.69) is 17.0 Å². The smallest absolute Gasteiger partial charge is 0.253 e. The normalized spacial score (nSPS) is 22.7. The van der Waals surface area contributed by atoms with Crippen LogP contribution in [0.15, 0.2) is 12.1 Å². The molecule has 6 heteroatoms. The maximum atomic E-state index is 12.6. The molecule has 3 rings (SSSR count). The summed E-state index contributed by atoms with van der Waals surface area (Å²) in [5, 5.41) is 0. The van der Waals surface area contributed by atoms with Gasteiger partial charge in [-0.15, -0.1) is 0 Å². The highest BCUT2D eigenvalue weighted by Crippen LogP contribution is 2.39. The number of hydrogen-bond acceptors (Lipinski definition) is 5. The van der Waals surface area contributed by atoms with E-state index in [0.717, 1.165) is 37.6 Å². The molecule has 25 heavy (non-hydrogen) atoms. The van der Waals surface area contributed by atoms with E-state index in [4.69, 9.17) is 14.2 Å². The number of benzene rings is 1. The van der Waals surface area contributed by atoms with Gasteiger partial charge in [0.1, 0.15) is 6.10 Å². The number of fused-ring (bicyclic) bond motifs is 3. The van der Waals surface area contributed by atoms with Crippen molar-refractivity contribution in [3.8, 4) is 11.5 Å². The topological polar surface area (TPSA) is 51.2 Å². The van der Waals surface area contributed by atoms with Gasteiger partial charge in [-0.3, -0.25) is 9.69 Å². The number of likely N-dealkylation sites (N-methyl/N-ethyl adjacent to an activating group) is 1. The fourth-order valence-electron chi connectivity index (χ4n) is 3.86. The molecule has 0 bridgehead atoms. The summed E-state index contributed by atoms with van der Waals surface area (Å²) in [4.78, 5) is 16.8. The van der Waals surface area contributed by atoms with E-state index >= 15 is 0 Å². The van der Waals surface area contributed by atoms with Crippen LogP contribution < -0.4 is 9.47 Å². The van der Waals surface area contributed by atoms with Gasteiger partial charge < -0.3 is 19.1 Å². The molecular formula is C19H28N2O4. The number of morpholine rings is 1. The average molecular weight is 348 g/mol. The summed E-state index contributed by atoms with van der Waals surface area (Å²) in [6, 6.07) is 4.30. The lowest BCUT2D eigenvalue weighted by molar-refractivity contribution is -0.153. The van der Waals surface area contributed by atoms with Gasteiger partial charge in [-0.05, 0) is 43.5 Å². The Hall–Kier alpha value is -1.79. The molecule has 0 unspecified atom stereocenters. The van der Waals surface area contributed by atoms with Gasteiger partial charge >= 0.3 is 0 Å². The zero-order valence-electron chi connectivity index (χ0n) is 15.6. The summed E-state index contributed by atoms with van der Waals surface area (Å²) in [6.45, 7) is 7.55. The van der Waals surface area contributed by atoms with Crippen LogP contribution in [0.1, 0.15) is 31.0 Å². The number of nitrogens with zero attached hydrogens (tertiary/aromatic N) is 2. The second-order valence-electron chi connectivity index (χ2n) is 6.50. The summed E-state index contributed by atoms with van der Waals surface area (Å²) in [7, 11) is 3.31. The van der Waals surface area contributed by atoms with E-state index in [1.807, 2.05) is 18.7 Å². The molecule has 0 saturated carbocycles. The van der Waals surface area contributed by atoms with Crippen LogP contribution in [0.25, 0.3) is 0 Å². The van der Waals surface area contributed by atoms with Crippen LogP contribution in [-0.4, -0.2) is 68.8 Å². The molecule has 138 valence electrons. The Morgan fingerprint density at radius 1 is 1.24 bits per heavy atom. The first kappa shape index (κ1) is 18.0. The quantitative estimate of drug-likeness (QED) is 0.813. The lowest BCUT2D eigenvalue weighted by Gasteiger charge is -2.43. The van der Waals surface area contributed by atoms with Gasteiger partial charge in [0.05, 0.1) is 26.9 Å². The fourth-order valence-corrected chi connectivity index (χ4v) is 3.86. The Labute approximate surface area is 149 Å². The van der Waals surface area contributed by atoms with Crippen molar-refractivity contribution in [2.75, 3.05) is 47.0 Å². The second kappa shape index (κ2) is 7.62. The van der Waals surface area contributed by atoms with Crippen molar-refractivity contribution in [2.45, 2.75) is 32.4 Å². The molecule has 2 aliphatic heterocycles. The van der Waals surface area contributed by atoms with Crippen LogP contribution in [-0.2, 0) is 16.0 Å². The summed E-state index contributed by atoms with van der Waals surface area (Å²) < 4.78 is 16.9. The Bertz CT molecular complexity index is 630. The molecule has 2 heterocycles. The molecule has 6 nitrogen and oxygen atoms in total.